The first-order valence-corrected chi connectivity index (χ1v) is 12.0. The molecule has 1 amide bonds. The lowest BCUT2D eigenvalue weighted by molar-refractivity contribution is 0.0955. The average molecular weight is 536 g/mol. The molecule has 3 aromatic carbocycles. The summed E-state index contributed by atoms with van der Waals surface area (Å²) in [5.41, 5.74) is 5.04. The van der Waals surface area contributed by atoms with E-state index in [9.17, 15) is 10.1 Å². The molecule has 0 spiro atoms. The summed E-state index contributed by atoms with van der Waals surface area (Å²) in [6.07, 6.45) is 2.44. The molecule has 0 heterocycles. The third kappa shape index (κ3) is 7.33. The number of nitriles is 1. The number of nitrogens with one attached hydrogen (secondary N) is 1. The molecule has 0 saturated heterocycles. The molecule has 35 heavy (non-hydrogen) atoms. The van der Waals surface area contributed by atoms with Crippen LogP contribution in [0.4, 0.5) is 0 Å². The molecule has 0 fully saturated rings. The van der Waals surface area contributed by atoms with Crippen LogP contribution in [0.25, 0.3) is 0 Å². The highest BCUT2D eigenvalue weighted by molar-refractivity contribution is 9.10. The SMILES string of the molecule is CCCOc1ccc(C(=O)N/N=C/c2cc(Br)c(OCc3ccccc3C#N)c(OCC)c2)cc1. The predicted octanol–water partition coefficient (Wildman–Crippen LogP) is 5.85. The number of hydrogen-bond acceptors (Lipinski definition) is 6. The molecule has 0 aliphatic heterocycles. The summed E-state index contributed by atoms with van der Waals surface area (Å²) in [6.45, 7) is 5.20. The molecule has 0 radical (unpaired) electrons. The number of carbonyl (C=O) groups excluding carboxylic acids is 1. The van der Waals surface area contributed by atoms with Crippen LogP contribution in [0.2, 0.25) is 0 Å². The molecule has 0 aromatic heterocycles. The van der Waals surface area contributed by atoms with Gasteiger partial charge in [-0.05, 0) is 77.3 Å². The number of benzene rings is 3. The average Bonchev–Trinajstić information content (AvgIpc) is 2.87. The third-order valence-electron chi connectivity index (χ3n) is 4.81. The summed E-state index contributed by atoms with van der Waals surface area (Å²) in [5, 5.41) is 13.4. The second-order valence-electron chi connectivity index (χ2n) is 7.39. The largest absolute Gasteiger partial charge is 0.494 e. The molecular formula is C27H26BrN3O4. The second-order valence-corrected chi connectivity index (χ2v) is 8.25. The topological polar surface area (TPSA) is 92.9 Å². The maximum absolute atomic E-state index is 12.4. The summed E-state index contributed by atoms with van der Waals surface area (Å²) >= 11 is 3.53. The first-order chi connectivity index (χ1) is 17.0. The molecule has 0 saturated carbocycles. The van der Waals surface area contributed by atoms with Gasteiger partial charge >= 0.3 is 0 Å². The van der Waals surface area contributed by atoms with Gasteiger partial charge in [0, 0.05) is 11.1 Å². The van der Waals surface area contributed by atoms with Crippen molar-refractivity contribution in [2.45, 2.75) is 26.9 Å². The molecule has 0 aliphatic carbocycles. The smallest absolute Gasteiger partial charge is 0.271 e. The van der Waals surface area contributed by atoms with Gasteiger partial charge in [-0.15, -0.1) is 0 Å². The van der Waals surface area contributed by atoms with Crippen LogP contribution in [-0.2, 0) is 6.61 Å². The third-order valence-corrected chi connectivity index (χ3v) is 5.40. The van der Waals surface area contributed by atoms with Crippen molar-refractivity contribution in [3.8, 4) is 23.3 Å². The van der Waals surface area contributed by atoms with E-state index < -0.39 is 0 Å². The Hall–Kier alpha value is -3.83. The molecule has 3 rings (SSSR count). The summed E-state index contributed by atoms with van der Waals surface area (Å²) < 4.78 is 17.9. The number of rotatable bonds is 11. The monoisotopic (exact) mass is 535 g/mol. The zero-order valence-electron chi connectivity index (χ0n) is 19.6. The van der Waals surface area contributed by atoms with Crippen LogP contribution in [0.5, 0.6) is 17.2 Å². The van der Waals surface area contributed by atoms with Gasteiger partial charge in [0.2, 0.25) is 0 Å². The Morgan fingerprint density at radius 2 is 1.86 bits per heavy atom. The van der Waals surface area contributed by atoms with E-state index in [1.54, 1.807) is 36.4 Å². The minimum atomic E-state index is -0.330. The Morgan fingerprint density at radius 1 is 1.09 bits per heavy atom. The number of amides is 1. The second kappa shape index (κ2) is 13.2. The molecule has 0 bridgehead atoms. The molecule has 180 valence electrons. The van der Waals surface area contributed by atoms with Crippen LogP contribution in [0, 0.1) is 11.3 Å². The van der Waals surface area contributed by atoms with Crippen LogP contribution in [0.1, 0.15) is 47.3 Å². The Labute approximate surface area is 213 Å². The highest BCUT2D eigenvalue weighted by atomic mass is 79.9. The minimum Gasteiger partial charge on any atom is -0.494 e. The van der Waals surface area contributed by atoms with Gasteiger partial charge in [0.1, 0.15) is 12.4 Å². The Morgan fingerprint density at radius 3 is 2.57 bits per heavy atom. The van der Waals surface area contributed by atoms with Crippen LogP contribution in [-0.4, -0.2) is 25.3 Å². The van der Waals surface area contributed by atoms with Crippen molar-refractivity contribution in [2.24, 2.45) is 5.10 Å². The van der Waals surface area contributed by atoms with Crippen molar-refractivity contribution >= 4 is 28.1 Å². The van der Waals surface area contributed by atoms with Gasteiger partial charge in [-0.25, -0.2) is 5.43 Å². The highest BCUT2D eigenvalue weighted by Crippen LogP contribution is 2.37. The van der Waals surface area contributed by atoms with Crippen LogP contribution >= 0.6 is 15.9 Å². The minimum absolute atomic E-state index is 0.216. The van der Waals surface area contributed by atoms with Crippen molar-refractivity contribution < 1.29 is 19.0 Å². The van der Waals surface area contributed by atoms with E-state index in [1.165, 1.54) is 6.21 Å². The van der Waals surface area contributed by atoms with E-state index in [0.29, 0.717) is 45.9 Å². The van der Waals surface area contributed by atoms with Gasteiger partial charge in [0.25, 0.3) is 5.91 Å². The van der Waals surface area contributed by atoms with Crippen molar-refractivity contribution in [1.82, 2.24) is 5.43 Å². The molecule has 0 atom stereocenters. The number of nitrogens with zero attached hydrogens (tertiary/aromatic N) is 2. The molecule has 8 heteroatoms. The lowest BCUT2D eigenvalue weighted by Crippen LogP contribution is -2.17. The molecule has 7 nitrogen and oxygen atoms in total. The van der Waals surface area contributed by atoms with Gasteiger partial charge < -0.3 is 14.2 Å². The number of hydrazone groups is 1. The molecule has 0 unspecified atom stereocenters. The van der Waals surface area contributed by atoms with Crippen molar-refractivity contribution in [3.05, 3.63) is 87.4 Å². The zero-order chi connectivity index (χ0) is 25.0. The number of halogens is 1. The summed E-state index contributed by atoms with van der Waals surface area (Å²) in [5.74, 6) is 1.43. The van der Waals surface area contributed by atoms with E-state index in [1.807, 2.05) is 38.1 Å². The van der Waals surface area contributed by atoms with Gasteiger partial charge in [-0.1, -0.05) is 25.1 Å². The number of hydrogen-bond donors (Lipinski definition) is 1. The normalized spacial score (nSPS) is 10.6. The Balaban J connectivity index is 1.68. The number of ether oxygens (including phenoxy) is 3. The molecular weight excluding hydrogens is 510 g/mol. The van der Waals surface area contributed by atoms with E-state index >= 15 is 0 Å². The van der Waals surface area contributed by atoms with Crippen molar-refractivity contribution in [3.63, 3.8) is 0 Å². The first kappa shape index (κ1) is 25.8. The summed E-state index contributed by atoms with van der Waals surface area (Å²) in [6, 6.07) is 19.9. The standard InChI is InChI=1S/C27H26BrN3O4/c1-3-13-34-23-11-9-20(10-12-23)27(32)31-30-17-19-14-24(28)26(25(15-19)33-4-2)35-18-22-8-6-5-7-21(22)16-29/h5-12,14-15,17H,3-4,13,18H2,1-2H3,(H,31,32)/b30-17+. The van der Waals surface area contributed by atoms with Crippen LogP contribution < -0.4 is 19.6 Å². The van der Waals surface area contributed by atoms with E-state index in [2.05, 4.69) is 32.5 Å². The van der Waals surface area contributed by atoms with E-state index in [0.717, 1.165) is 17.7 Å². The fraction of sp³-hybridized carbons (Fsp3) is 0.222. The van der Waals surface area contributed by atoms with Crippen LogP contribution in [0.15, 0.2) is 70.2 Å². The Bertz CT molecular complexity index is 1220. The number of carbonyl (C=O) groups is 1. The maximum atomic E-state index is 12.4. The highest BCUT2D eigenvalue weighted by Gasteiger charge is 2.13. The van der Waals surface area contributed by atoms with Gasteiger partial charge in [-0.3, -0.25) is 4.79 Å². The van der Waals surface area contributed by atoms with Gasteiger partial charge in [-0.2, -0.15) is 10.4 Å². The van der Waals surface area contributed by atoms with E-state index in [4.69, 9.17) is 14.2 Å². The van der Waals surface area contributed by atoms with Crippen LogP contribution in [0.3, 0.4) is 0 Å². The molecule has 3 aromatic rings. The molecule has 1 N–H and O–H groups in total. The fourth-order valence-electron chi connectivity index (χ4n) is 3.12. The molecule has 0 aliphatic rings. The van der Waals surface area contributed by atoms with Crippen molar-refractivity contribution in [1.29, 1.82) is 5.26 Å². The summed E-state index contributed by atoms with van der Waals surface area (Å²) in [7, 11) is 0. The summed E-state index contributed by atoms with van der Waals surface area (Å²) in [4.78, 5) is 12.4. The lowest BCUT2D eigenvalue weighted by Gasteiger charge is -2.15. The van der Waals surface area contributed by atoms with Gasteiger partial charge in [0.05, 0.1) is 35.5 Å². The maximum Gasteiger partial charge on any atom is 0.271 e. The Kier molecular flexibility index (Phi) is 9.69. The predicted molar refractivity (Wildman–Crippen MR) is 138 cm³/mol. The first-order valence-electron chi connectivity index (χ1n) is 11.2. The quantitative estimate of drug-likeness (QED) is 0.245. The van der Waals surface area contributed by atoms with Crippen molar-refractivity contribution in [2.75, 3.05) is 13.2 Å². The van der Waals surface area contributed by atoms with Gasteiger partial charge in [0.15, 0.2) is 11.5 Å². The lowest BCUT2D eigenvalue weighted by atomic mass is 10.1. The zero-order valence-corrected chi connectivity index (χ0v) is 21.2. The fourth-order valence-corrected chi connectivity index (χ4v) is 3.70. The van der Waals surface area contributed by atoms with E-state index in [-0.39, 0.29) is 12.5 Å².